The van der Waals surface area contributed by atoms with E-state index < -0.39 is 11.9 Å². The molecule has 90 valence electrons. The predicted octanol–water partition coefficient (Wildman–Crippen LogP) is 1.65. The molecule has 1 atom stereocenters. The van der Waals surface area contributed by atoms with Gasteiger partial charge in [0.15, 0.2) is 11.5 Å². The number of rotatable bonds is 4. The van der Waals surface area contributed by atoms with E-state index in [0.717, 1.165) is 5.52 Å². The summed E-state index contributed by atoms with van der Waals surface area (Å²) >= 11 is 0. The highest BCUT2D eigenvalue weighted by Crippen LogP contribution is 2.24. The fraction of sp³-hybridized carbons (Fsp3) is 0.333. The lowest BCUT2D eigenvalue weighted by Crippen LogP contribution is -2.15. The molecule has 0 amide bonds. The lowest BCUT2D eigenvalue weighted by Gasteiger charge is -2.10. The molecule has 0 spiro atoms. The Balaban J connectivity index is 2.42. The van der Waals surface area contributed by atoms with Crippen LogP contribution in [0.5, 0.6) is 0 Å². The first-order valence-electron chi connectivity index (χ1n) is 5.42. The predicted molar refractivity (Wildman–Crippen MR) is 62.8 cm³/mol. The van der Waals surface area contributed by atoms with Gasteiger partial charge in [0.25, 0.3) is 0 Å². The van der Waals surface area contributed by atoms with Crippen molar-refractivity contribution in [3.8, 4) is 0 Å². The van der Waals surface area contributed by atoms with Crippen LogP contribution in [0.3, 0.4) is 0 Å². The second-order valence-corrected chi connectivity index (χ2v) is 3.93. The molecule has 0 aliphatic carbocycles. The quantitative estimate of drug-likeness (QED) is 0.839. The Labute approximate surface area is 98.2 Å². The van der Waals surface area contributed by atoms with E-state index in [2.05, 4.69) is 4.98 Å². The maximum absolute atomic E-state index is 11.1. The minimum atomic E-state index is -0.869. The summed E-state index contributed by atoms with van der Waals surface area (Å²) in [5.74, 6) is -0.885. The Morgan fingerprint density at radius 2 is 2.35 bits per heavy atom. The maximum Gasteiger partial charge on any atom is 0.311 e. The maximum atomic E-state index is 11.1. The summed E-state index contributed by atoms with van der Waals surface area (Å²) in [5, 5.41) is 9.13. The van der Waals surface area contributed by atoms with Crippen LogP contribution in [-0.4, -0.2) is 22.6 Å². The number of aliphatic carboxylic acids is 1. The van der Waals surface area contributed by atoms with E-state index in [-0.39, 0.29) is 0 Å². The standard InChI is InChI=1S/C12H14N2O3/c1-7-14-10-3-2-8(6-11(10)17-7)9(4-5-13)12(15)16/h2-3,6,9H,4-5,13H2,1H3,(H,15,16). The molecule has 1 unspecified atom stereocenters. The number of fused-ring (bicyclic) bond motifs is 1. The topological polar surface area (TPSA) is 89.3 Å². The van der Waals surface area contributed by atoms with E-state index in [1.54, 1.807) is 25.1 Å². The van der Waals surface area contributed by atoms with Gasteiger partial charge in [0, 0.05) is 6.92 Å². The number of nitrogens with zero attached hydrogens (tertiary/aromatic N) is 1. The zero-order valence-corrected chi connectivity index (χ0v) is 9.51. The van der Waals surface area contributed by atoms with Crippen molar-refractivity contribution in [1.29, 1.82) is 0 Å². The number of hydrogen-bond donors (Lipinski definition) is 2. The molecule has 1 aromatic heterocycles. The van der Waals surface area contributed by atoms with Gasteiger partial charge in [0.2, 0.25) is 0 Å². The highest BCUT2D eigenvalue weighted by molar-refractivity contribution is 5.80. The fourth-order valence-corrected chi connectivity index (χ4v) is 1.87. The molecule has 0 radical (unpaired) electrons. The molecule has 0 aliphatic rings. The minimum absolute atomic E-state index is 0.338. The summed E-state index contributed by atoms with van der Waals surface area (Å²) in [6.45, 7) is 2.10. The monoisotopic (exact) mass is 234 g/mol. The first-order chi connectivity index (χ1) is 8.11. The number of carboxylic acids is 1. The van der Waals surface area contributed by atoms with Crippen LogP contribution >= 0.6 is 0 Å². The van der Waals surface area contributed by atoms with E-state index in [1.165, 1.54) is 0 Å². The van der Waals surface area contributed by atoms with Gasteiger partial charge in [0.05, 0.1) is 5.92 Å². The van der Waals surface area contributed by atoms with Gasteiger partial charge in [-0.05, 0) is 30.7 Å². The third-order valence-corrected chi connectivity index (χ3v) is 2.68. The molecule has 2 aromatic rings. The number of carboxylic acid groups (broad SMARTS) is 1. The molecular formula is C12H14N2O3. The van der Waals surface area contributed by atoms with Crippen LogP contribution in [0.2, 0.25) is 0 Å². The van der Waals surface area contributed by atoms with E-state index in [1.807, 2.05) is 0 Å². The van der Waals surface area contributed by atoms with Crippen LogP contribution < -0.4 is 5.73 Å². The van der Waals surface area contributed by atoms with Crippen LogP contribution in [0, 0.1) is 6.92 Å². The van der Waals surface area contributed by atoms with E-state index in [0.29, 0.717) is 30.0 Å². The third kappa shape index (κ3) is 2.29. The molecule has 5 heteroatoms. The van der Waals surface area contributed by atoms with Gasteiger partial charge in [-0.25, -0.2) is 4.98 Å². The lowest BCUT2D eigenvalue weighted by molar-refractivity contribution is -0.138. The number of aryl methyl sites for hydroxylation is 1. The number of benzene rings is 1. The summed E-state index contributed by atoms with van der Waals surface area (Å²) < 4.78 is 5.38. The molecule has 1 heterocycles. The number of aromatic nitrogens is 1. The summed E-state index contributed by atoms with van der Waals surface area (Å²) in [6.07, 6.45) is 0.411. The van der Waals surface area contributed by atoms with Crippen molar-refractivity contribution >= 4 is 17.1 Å². The largest absolute Gasteiger partial charge is 0.481 e. The van der Waals surface area contributed by atoms with Gasteiger partial charge in [-0.2, -0.15) is 0 Å². The van der Waals surface area contributed by atoms with Crippen molar-refractivity contribution in [3.05, 3.63) is 29.7 Å². The highest BCUT2D eigenvalue weighted by Gasteiger charge is 2.19. The SMILES string of the molecule is Cc1nc2ccc(C(CCN)C(=O)O)cc2o1. The van der Waals surface area contributed by atoms with Crippen molar-refractivity contribution in [1.82, 2.24) is 4.98 Å². The van der Waals surface area contributed by atoms with Crippen LogP contribution in [0.25, 0.3) is 11.1 Å². The number of oxazole rings is 1. The molecule has 0 fully saturated rings. The van der Waals surface area contributed by atoms with Crippen LogP contribution in [0.15, 0.2) is 22.6 Å². The summed E-state index contributed by atoms with van der Waals surface area (Å²) in [7, 11) is 0. The van der Waals surface area contributed by atoms with Crippen LogP contribution in [-0.2, 0) is 4.79 Å². The van der Waals surface area contributed by atoms with Crippen molar-refractivity contribution in [2.45, 2.75) is 19.3 Å². The molecule has 1 aromatic carbocycles. The van der Waals surface area contributed by atoms with Crippen molar-refractivity contribution in [3.63, 3.8) is 0 Å². The Bertz CT molecular complexity index is 548. The molecule has 2 rings (SSSR count). The average Bonchev–Trinajstić information content (AvgIpc) is 2.64. The summed E-state index contributed by atoms with van der Waals surface area (Å²) in [6, 6.07) is 5.26. The van der Waals surface area contributed by atoms with Gasteiger partial charge in [-0.1, -0.05) is 6.07 Å². The number of carbonyl (C=O) groups is 1. The molecule has 0 saturated heterocycles. The number of hydrogen-bond acceptors (Lipinski definition) is 4. The summed E-state index contributed by atoms with van der Waals surface area (Å²) in [5.41, 5.74) is 7.48. The fourth-order valence-electron chi connectivity index (χ4n) is 1.87. The summed E-state index contributed by atoms with van der Waals surface area (Å²) in [4.78, 5) is 15.3. The molecule has 0 saturated carbocycles. The van der Waals surface area contributed by atoms with E-state index in [9.17, 15) is 4.79 Å². The second-order valence-electron chi connectivity index (χ2n) is 3.93. The lowest BCUT2D eigenvalue weighted by atomic mass is 9.96. The van der Waals surface area contributed by atoms with Gasteiger partial charge in [-0.15, -0.1) is 0 Å². The minimum Gasteiger partial charge on any atom is -0.481 e. The van der Waals surface area contributed by atoms with Crippen molar-refractivity contribution < 1.29 is 14.3 Å². The van der Waals surface area contributed by atoms with Crippen LogP contribution in [0.1, 0.15) is 23.8 Å². The average molecular weight is 234 g/mol. The van der Waals surface area contributed by atoms with Crippen LogP contribution in [0.4, 0.5) is 0 Å². The first kappa shape index (κ1) is 11.6. The zero-order chi connectivity index (χ0) is 12.4. The molecule has 0 aliphatic heterocycles. The molecule has 3 N–H and O–H groups in total. The van der Waals surface area contributed by atoms with Gasteiger partial charge in [-0.3, -0.25) is 4.79 Å². The zero-order valence-electron chi connectivity index (χ0n) is 9.51. The smallest absolute Gasteiger partial charge is 0.311 e. The first-order valence-corrected chi connectivity index (χ1v) is 5.42. The third-order valence-electron chi connectivity index (χ3n) is 2.68. The molecule has 5 nitrogen and oxygen atoms in total. The molecular weight excluding hydrogens is 220 g/mol. The van der Waals surface area contributed by atoms with Gasteiger partial charge in [0.1, 0.15) is 5.52 Å². The molecule has 0 bridgehead atoms. The van der Waals surface area contributed by atoms with Gasteiger partial charge >= 0.3 is 5.97 Å². The molecule has 17 heavy (non-hydrogen) atoms. The Morgan fingerprint density at radius 1 is 1.59 bits per heavy atom. The van der Waals surface area contributed by atoms with E-state index >= 15 is 0 Å². The normalized spacial score (nSPS) is 12.8. The Hall–Kier alpha value is -1.88. The number of nitrogens with two attached hydrogens (primary N) is 1. The van der Waals surface area contributed by atoms with Gasteiger partial charge < -0.3 is 15.3 Å². The highest BCUT2D eigenvalue weighted by atomic mass is 16.4. The Morgan fingerprint density at radius 3 is 3.00 bits per heavy atom. The second kappa shape index (κ2) is 4.55. The van der Waals surface area contributed by atoms with E-state index in [4.69, 9.17) is 15.3 Å². The van der Waals surface area contributed by atoms with Crippen molar-refractivity contribution in [2.75, 3.05) is 6.54 Å². The van der Waals surface area contributed by atoms with Crippen molar-refractivity contribution in [2.24, 2.45) is 5.73 Å². The Kier molecular flexibility index (Phi) is 3.10.